The summed E-state index contributed by atoms with van der Waals surface area (Å²) >= 11 is 0. The second-order valence-electron chi connectivity index (χ2n) is 4.88. The van der Waals surface area contributed by atoms with Crippen molar-refractivity contribution in [3.63, 3.8) is 0 Å². The van der Waals surface area contributed by atoms with E-state index in [1.165, 1.54) is 5.56 Å². The van der Waals surface area contributed by atoms with Crippen LogP contribution in [0.1, 0.15) is 30.1 Å². The molecule has 3 nitrogen and oxygen atoms in total. The molecule has 2 aromatic carbocycles. The predicted molar refractivity (Wildman–Crippen MR) is 74.3 cm³/mol. The Morgan fingerprint density at radius 3 is 2.79 bits per heavy atom. The number of nitrogens with one attached hydrogen (secondary N) is 1. The minimum Gasteiger partial charge on any atom is -0.508 e. The molecule has 0 aliphatic carbocycles. The standard InChI is InChI=1S/C16H17NO2/c1-11(12-5-3-2-4-6-12)17-15-10-19-16-9-13(18)7-8-14(15)16/h2-9,11,15,17-18H,10H2,1H3/t11-,15?/m1/s1. The molecule has 1 aliphatic heterocycles. The molecule has 0 fully saturated rings. The highest BCUT2D eigenvalue weighted by molar-refractivity contribution is 5.44. The number of hydrogen-bond acceptors (Lipinski definition) is 3. The van der Waals surface area contributed by atoms with Gasteiger partial charge in [0.25, 0.3) is 0 Å². The van der Waals surface area contributed by atoms with Crippen LogP contribution in [0.5, 0.6) is 11.5 Å². The van der Waals surface area contributed by atoms with Crippen LogP contribution in [0.4, 0.5) is 0 Å². The van der Waals surface area contributed by atoms with E-state index < -0.39 is 0 Å². The van der Waals surface area contributed by atoms with Gasteiger partial charge >= 0.3 is 0 Å². The van der Waals surface area contributed by atoms with Crippen molar-refractivity contribution in [3.8, 4) is 11.5 Å². The van der Waals surface area contributed by atoms with Crippen molar-refractivity contribution in [1.29, 1.82) is 0 Å². The molecule has 1 unspecified atom stereocenters. The van der Waals surface area contributed by atoms with Gasteiger partial charge in [0.2, 0.25) is 0 Å². The Hall–Kier alpha value is -2.00. The van der Waals surface area contributed by atoms with Gasteiger partial charge in [0, 0.05) is 17.7 Å². The molecule has 0 saturated carbocycles. The van der Waals surface area contributed by atoms with Gasteiger partial charge in [-0.05, 0) is 24.6 Å². The van der Waals surface area contributed by atoms with Gasteiger partial charge in [-0.3, -0.25) is 0 Å². The molecule has 2 aromatic rings. The SMILES string of the molecule is C[C@@H](NC1COc2cc(O)ccc21)c1ccccc1. The lowest BCUT2D eigenvalue weighted by Gasteiger charge is -2.19. The summed E-state index contributed by atoms with van der Waals surface area (Å²) in [5.74, 6) is 1.02. The first kappa shape index (κ1) is 12.1. The molecule has 0 saturated heterocycles. The Morgan fingerprint density at radius 1 is 1.21 bits per heavy atom. The molecule has 0 aromatic heterocycles. The minimum atomic E-state index is 0.172. The third-order valence-corrected chi connectivity index (χ3v) is 3.53. The molecule has 1 aliphatic rings. The molecule has 0 bridgehead atoms. The topological polar surface area (TPSA) is 41.5 Å². The van der Waals surface area contributed by atoms with E-state index in [1.807, 2.05) is 24.3 Å². The summed E-state index contributed by atoms with van der Waals surface area (Å²) in [5, 5.41) is 13.0. The second-order valence-corrected chi connectivity index (χ2v) is 4.88. The fourth-order valence-electron chi connectivity index (χ4n) is 2.48. The number of hydrogen-bond donors (Lipinski definition) is 2. The van der Waals surface area contributed by atoms with Gasteiger partial charge in [-0.1, -0.05) is 30.3 Å². The largest absolute Gasteiger partial charge is 0.508 e. The number of rotatable bonds is 3. The summed E-state index contributed by atoms with van der Waals surface area (Å²) in [5.41, 5.74) is 2.37. The average molecular weight is 255 g/mol. The van der Waals surface area contributed by atoms with Crippen molar-refractivity contribution >= 4 is 0 Å². The van der Waals surface area contributed by atoms with Crippen LogP contribution in [0, 0.1) is 0 Å². The molecule has 98 valence electrons. The first-order chi connectivity index (χ1) is 9.24. The van der Waals surface area contributed by atoms with E-state index in [9.17, 15) is 5.11 Å². The molecule has 1 heterocycles. The highest BCUT2D eigenvalue weighted by Crippen LogP contribution is 2.36. The summed E-state index contributed by atoms with van der Waals surface area (Å²) in [4.78, 5) is 0. The first-order valence-corrected chi connectivity index (χ1v) is 6.51. The summed E-state index contributed by atoms with van der Waals surface area (Å²) in [6.07, 6.45) is 0. The van der Waals surface area contributed by atoms with Gasteiger partial charge in [0.15, 0.2) is 0 Å². The molecule has 0 spiro atoms. The van der Waals surface area contributed by atoms with Crippen molar-refractivity contribution in [2.75, 3.05) is 6.61 Å². The lowest BCUT2D eigenvalue weighted by Crippen LogP contribution is -2.25. The summed E-state index contributed by atoms with van der Waals surface area (Å²) in [6, 6.07) is 16.1. The molecule has 2 atom stereocenters. The normalized spacial score (nSPS) is 18.7. The van der Waals surface area contributed by atoms with Gasteiger partial charge in [-0.2, -0.15) is 0 Å². The fraction of sp³-hybridized carbons (Fsp3) is 0.250. The van der Waals surface area contributed by atoms with Gasteiger partial charge in [-0.25, -0.2) is 0 Å². The van der Waals surface area contributed by atoms with Crippen LogP contribution in [0.2, 0.25) is 0 Å². The van der Waals surface area contributed by atoms with Crippen molar-refractivity contribution < 1.29 is 9.84 Å². The monoisotopic (exact) mass is 255 g/mol. The van der Waals surface area contributed by atoms with Crippen LogP contribution in [0.25, 0.3) is 0 Å². The Morgan fingerprint density at radius 2 is 2.00 bits per heavy atom. The quantitative estimate of drug-likeness (QED) is 0.885. The lowest BCUT2D eigenvalue weighted by atomic mass is 10.0. The lowest BCUT2D eigenvalue weighted by molar-refractivity contribution is 0.300. The smallest absolute Gasteiger partial charge is 0.127 e. The van der Waals surface area contributed by atoms with Crippen LogP contribution >= 0.6 is 0 Å². The predicted octanol–water partition coefficient (Wildman–Crippen LogP) is 3.18. The zero-order valence-corrected chi connectivity index (χ0v) is 10.8. The Kier molecular flexibility index (Phi) is 3.13. The third kappa shape index (κ3) is 2.42. The van der Waals surface area contributed by atoms with Crippen LogP contribution in [-0.2, 0) is 0 Å². The van der Waals surface area contributed by atoms with Crippen molar-refractivity contribution in [2.24, 2.45) is 0 Å². The van der Waals surface area contributed by atoms with Gasteiger partial charge in [-0.15, -0.1) is 0 Å². The summed E-state index contributed by atoms with van der Waals surface area (Å²) < 4.78 is 5.61. The number of aromatic hydroxyl groups is 1. The summed E-state index contributed by atoms with van der Waals surface area (Å²) in [6.45, 7) is 2.75. The molecular weight excluding hydrogens is 238 g/mol. The van der Waals surface area contributed by atoms with Crippen molar-refractivity contribution in [1.82, 2.24) is 5.32 Å². The molecule has 2 N–H and O–H groups in total. The number of ether oxygens (including phenoxy) is 1. The first-order valence-electron chi connectivity index (χ1n) is 6.51. The zero-order valence-electron chi connectivity index (χ0n) is 10.8. The van der Waals surface area contributed by atoms with Crippen molar-refractivity contribution in [2.45, 2.75) is 19.0 Å². The average Bonchev–Trinajstić information content (AvgIpc) is 2.82. The van der Waals surface area contributed by atoms with E-state index in [-0.39, 0.29) is 17.8 Å². The number of benzene rings is 2. The van der Waals surface area contributed by atoms with Gasteiger partial charge in [0.1, 0.15) is 18.1 Å². The Balaban J connectivity index is 1.76. The molecular formula is C16H17NO2. The van der Waals surface area contributed by atoms with E-state index in [0.717, 1.165) is 11.3 Å². The molecule has 3 heteroatoms. The Labute approximate surface area is 112 Å². The van der Waals surface area contributed by atoms with Crippen molar-refractivity contribution in [3.05, 3.63) is 59.7 Å². The van der Waals surface area contributed by atoms with Gasteiger partial charge < -0.3 is 15.2 Å². The van der Waals surface area contributed by atoms with E-state index in [2.05, 4.69) is 24.4 Å². The Bertz CT molecular complexity index is 568. The highest BCUT2D eigenvalue weighted by Gasteiger charge is 2.25. The van der Waals surface area contributed by atoms with Crippen LogP contribution in [0.3, 0.4) is 0 Å². The van der Waals surface area contributed by atoms with Crippen LogP contribution in [-0.4, -0.2) is 11.7 Å². The minimum absolute atomic E-state index is 0.172. The van der Waals surface area contributed by atoms with E-state index in [1.54, 1.807) is 12.1 Å². The van der Waals surface area contributed by atoms with Crippen LogP contribution in [0.15, 0.2) is 48.5 Å². The molecule has 3 rings (SSSR count). The molecule has 0 radical (unpaired) electrons. The third-order valence-electron chi connectivity index (χ3n) is 3.53. The van der Waals surface area contributed by atoms with E-state index >= 15 is 0 Å². The van der Waals surface area contributed by atoms with Crippen LogP contribution < -0.4 is 10.1 Å². The number of phenols is 1. The molecule has 19 heavy (non-hydrogen) atoms. The fourth-order valence-corrected chi connectivity index (χ4v) is 2.48. The van der Waals surface area contributed by atoms with E-state index in [4.69, 9.17) is 4.74 Å². The highest BCUT2D eigenvalue weighted by atomic mass is 16.5. The maximum absolute atomic E-state index is 9.44. The number of phenolic OH excluding ortho intramolecular Hbond substituents is 1. The maximum Gasteiger partial charge on any atom is 0.127 e. The second kappa shape index (κ2) is 4.94. The van der Waals surface area contributed by atoms with Gasteiger partial charge in [0.05, 0.1) is 6.04 Å². The number of fused-ring (bicyclic) bond motifs is 1. The zero-order chi connectivity index (χ0) is 13.2. The van der Waals surface area contributed by atoms with E-state index in [0.29, 0.717) is 6.61 Å². The maximum atomic E-state index is 9.44. The summed E-state index contributed by atoms with van der Waals surface area (Å²) in [7, 11) is 0. The molecule has 0 amide bonds.